The Morgan fingerprint density at radius 3 is 2.73 bits per heavy atom. The van der Waals surface area contributed by atoms with Crippen molar-refractivity contribution in [2.45, 2.75) is 51.0 Å². The van der Waals surface area contributed by atoms with E-state index >= 15 is 0 Å². The van der Waals surface area contributed by atoms with E-state index in [0.717, 1.165) is 29.2 Å². The van der Waals surface area contributed by atoms with Crippen molar-refractivity contribution in [3.8, 4) is 0 Å². The molecular formula is C24H27ClN8. The summed E-state index contributed by atoms with van der Waals surface area (Å²) in [7, 11) is 2.06. The fourth-order valence-corrected chi connectivity index (χ4v) is 7.91. The Morgan fingerprint density at radius 2 is 1.97 bits per heavy atom. The Morgan fingerprint density at radius 1 is 1.18 bits per heavy atom. The summed E-state index contributed by atoms with van der Waals surface area (Å²) in [5.74, 6) is 4.09. The maximum Gasteiger partial charge on any atom is 0.229 e. The van der Waals surface area contributed by atoms with E-state index in [0.29, 0.717) is 27.7 Å². The third kappa shape index (κ3) is 2.76. The molecule has 4 fully saturated rings. The molecule has 0 aromatic carbocycles. The van der Waals surface area contributed by atoms with E-state index < -0.39 is 0 Å². The van der Waals surface area contributed by atoms with Gasteiger partial charge in [-0.05, 0) is 55.8 Å². The second-order valence-corrected chi connectivity index (χ2v) is 11.3. The molecule has 4 heterocycles. The van der Waals surface area contributed by atoms with Gasteiger partial charge in [-0.15, -0.1) is 0 Å². The van der Waals surface area contributed by atoms with Crippen molar-refractivity contribution in [3.05, 3.63) is 42.2 Å². The van der Waals surface area contributed by atoms with Gasteiger partial charge < -0.3 is 15.1 Å². The second kappa shape index (κ2) is 6.38. The predicted octanol–water partition coefficient (Wildman–Crippen LogP) is 5.00. The molecule has 0 spiro atoms. The average molecular weight is 463 g/mol. The van der Waals surface area contributed by atoms with Gasteiger partial charge in [-0.2, -0.15) is 10.1 Å². The lowest BCUT2D eigenvalue weighted by Crippen LogP contribution is -2.62. The molecule has 33 heavy (non-hydrogen) atoms. The Balaban J connectivity index is 1.29. The van der Waals surface area contributed by atoms with E-state index in [1.54, 1.807) is 10.6 Å². The van der Waals surface area contributed by atoms with Crippen LogP contribution < -0.4 is 15.1 Å². The van der Waals surface area contributed by atoms with E-state index in [-0.39, 0.29) is 5.54 Å². The first kappa shape index (κ1) is 19.6. The number of nitrogens with one attached hydrogen (secondary N) is 1. The number of fused-ring (bicyclic) bond motifs is 2. The summed E-state index contributed by atoms with van der Waals surface area (Å²) in [6.45, 7) is 6.99. The molecule has 2 atom stereocenters. The lowest BCUT2D eigenvalue weighted by molar-refractivity contribution is -0.0572. The lowest BCUT2D eigenvalue weighted by atomic mass is 9.47. The number of aromatic nitrogens is 5. The molecule has 4 bridgehead atoms. The Kier molecular flexibility index (Phi) is 3.78. The van der Waals surface area contributed by atoms with Gasteiger partial charge >= 0.3 is 0 Å². The van der Waals surface area contributed by atoms with Crippen LogP contribution in [0, 0.1) is 17.3 Å². The maximum atomic E-state index is 6.50. The van der Waals surface area contributed by atoms with Crippen molar-refractivity contribution in [2.24, 2.45) is 17.3 Å². The van der Waals surface area contributed by atoms with Crippen molar-refractivity contribution >= 4 is 40.4 Å². The number of pyridine rings is 1. The Hall–Kier alpha value is -2.87. The van der Waals surface area contributed by atoms with Gasteiger partial charge in [0, 0.05) is 18.7 Å². The highest BCUT2D eigenvalue weighted by molar-refractivity contribution is 6.33. The zero-order chi connectivity index (χ0) is 22.5. The first-order valence-corrected chi connectivity index (χ1v) is 12.1. The van der Waals surface area contributed by atoms with Crippen LogP contribution in [0.4, 0.5) is 23.1 Å². The van der Waals surface area contributed by atoms with Crippen LogP contribution in [0.25, 0.3) is 5.65 Å². The SMILES string of the molecule is C=C1N(C)c2cnc(Nc3cn4ncnc4cc3Cl)nc2N1C12CC3CC(CC(C)(C3)C1)C2. The summed E-state index contributed by atoms with van der Waals surface area (Å²) in [6.07, 6.45) is 13.0. The van der Waals surface area contributed by atoms with E-state index in [9.17, 15) is 0 Å². The van der Waals surface area contributed by atoms with Gasteiger partial charge in [-0.1, -0.05) is 25.1 Å². The number of hydrogen-bond acceptors (Lipinski definition) is 7. The molecule has 0 amide bonds. The van der Waals surface area contributed by atoms with Gasteiger partial charge in [0.15, 0.2) is 11.5 Å². The highest BCUT2D eigenvalue weighted by Crippen LogP contribution is 2.65. The molecule has 170 valence electrons. The van der Waals surface area contributed by atoms with Crippen molar-refractivity contribution < 1.29 is 0 Å². The molecule has 9 heteroatoms. The zero-order valence-electron chi connectivity index (χ0n) is 18.9. The highest BCUT2D eigenvalue weighted by Gasteiger charge is 2.60. The van der Waals surface area contributed by atoms with Gasteiger partial charge in [0.05, 0.1) is 23.1 Å². The third-order valence-corrected chi connectivity index (χ3v) is 8.69. The molecular weight excluding hydrogens is 436 g/mol. The lowest BCUT2D eigenvalue weighted by Gasteiger charge is -2.63. The standard InChI is InChI=1S/C24H27ClN8/c1-14-31(3)19-10-26-22(29-18-11-32-20(5-17(18)25)27-13-28-32)30-21(19)33(14)24-8-15-4-16(9-24)7-23(2,6-15)12-24/h5,10-11,13,15-16H,1,4,6-9,12H2,2-3H3,(H,26,29,30). The zero-order valence-corrected chi connectivity index (χ0v) is 19.7. The summed E-state index contributed by atoms with van der Waals surface area (Å²) in [4.78, 5) is 18.4. The van der Waals surface area contributed by atoms with E-state index in [4.69, 9.17) is 16.6 Å². The van der Waals surface area contributed by atoms with Crippen molar-refractivity contribution in [3.63, 3.8) is 0 Å². The van der Waals surface area contributed by atoms with E-state index in [2.05, 4.69) is 50.7 Å². The molecule has 2 unspecified atom stereocenters. The van der Waals surface area contributed by atoms with E-state index in [1.165, 1.54) is 44.9 Å². The molecule has 1 N–H and O–H groups in total. The first-order valence-electron chi connectivity index (χ1n) is 11.7. The third-order valence-electron chi connectivity index (χ3n) is 8.38. The summed E-state index contributed by atoms with van der Waals surface area (Å²) in [5, 5.41) is 8.05. The molecule has 4 saturated carbocycles. The first-order chi connectivity index (χ1) is 15.8. The van der Waals surface area contributed by atoms with E-state index in [1.807, 2.05) is 12.4 Å². The minimum absolute atomic E-state index is 0.0956. The molecule has 0 radical (unpaired) electrons. The van der Waals surface area contributed by atoms with Crippen LogP contribution in [0.15, 0.2) is 37.2 Å². The molecule has 3 aromatic rings. The number of nitrogens with zero attached hydrogens (tertiary/aromatic N) is 7. The van der Waals surface area contributed by atoms with Crippen LogP contribution in [0.3, 0.4) is 0 Å². The topological polar surface area (TPSA) is 74.5 Å². The Bertz CT molecular complexity index is 1300. The molecule has 8 nitrogen and oxygen atoms in total. The van der Waals surface area contributed by atoms with Crippen LogP contribution in [0.5, 0.6) is 0 Å². The normalized spacial score (nSPS) is 32.2. The summed E-state index contributed by atoms with van der Waals surface area (Å²) in [5.41, 5.74) is 2.91. The minimum atomic E-state index is 0.0956. The summed E-state index contributed by atoms with van der Waals surface area (Å²) >= 11 is 6.50. The number of rotatable bonds is 3. The Labute approximate surface area is 197 Å². The second-order valence-electron chi connectivity index (χ2n) is 10.9. The fraction of sp³-hybridized carbons (Fsp3) is 0.500. The summed E-state index contributed by atoms with van der Waals surface area (Å²) in [6, 6.07) is 1.78. The minimum Gasteiger partial charge on any atom is -0.327 e. The largest absolute Gasteiger partial charge is 0.327 e. The number of halogens is 1. The van der Waals surface area contributed by atoms with Gasteiger partial charge in [0.2, 0.25) is 5.95 Å². The summed E-state index contributed by atoms with van der Waals surface area (Å²) < 4.78 is 1.68. The van der Waals surface area contributed by atoms with Crippen LogP contribution in [0.2, 0.25) is 5.02 Å². The molecule has 1 aliphatic heterocycles. The molecule has 5 aliphatic rings. The van der Waals surface area contributed by atoms with Crippen molar-refractivity contribution in [1.29, 1.82) is 0 Å². The quantitative estimate of drug-likeness (QED) is 0.586. The van der Waals surface area contributed by atoms with Crippen molar-refractivity contribution in [2.75, 3.05) is 22.2 Å². The fourth-order valence-electron chi connectivity index (χ4n) is 7.72. The van der Waals surface area contributed by atoms with Gasteiger partial charge in [-0.3, -0.25) is 0 Å². The van der Waals surface area contributed by atoms with Crippen LogP contribution >= 0.6 is 11.6 Å². The molecule has 4 aliphatic carbocycles. The monoisotopic (exact) mass is 462 g/mol. The van der Waals surface area contributed by atoms with Crippen LogP contribution in [-0.2, 0) is 0 Å². The highest BCUT2D eigenvalue weighted by atomic mass is 35.5. The van der Waals surface area contributed by atoms with Crippen LogP contribution in [-0.4, -0.2) is 37.2 Å². The van der Waals surface area contributed by atoms with Gasteiger partial charge in [0.25, 0.3) is 0 Å². The van der Waals surface area contributed by atoms with Crippen molar-refractivity contribution in [1.82, 2.24) is 24.6 Å². The molecule has 3 aromatic heterocycles. The maximum absolute atomic E-state index is 6.50. The number of hydrogen-bond donors (Lipinski definition) is 1. The van der Waals surface area contributed by atoms with Gasteiger partial charge in [-0.25, -0.2) is 14.5 Å². The van der Waals surface area contributed by atoms with Crippen LogP contribution in [0.1, 0.15) is 45.4 Å². The molecule has 8 rings (SSSR count). The molecule has 0 saturated heterocycles. The van der Waals surface area contributed by atoms with Gasteiger partial charge in [0.1, 0.15) is 17.8 Å². The smallest absolute Gasteiger partial charge is 0.229 e. The predicted molar refractivity (Wildman–Crippen MR) is 129 cm³/mol. The number of anilines is 4. The average Bonchev–Trinajstić information content (AvgIpc) is 3.28.